The van der Waals surface area contributed by atoms with Gasteiger partial charge in [-0.15, -0.1) is 0 Å². The van der Waals surface area contributed by atoms with E-state index < -0.39 is 0 Å². The number of amides is 1. The SMILES string of the molecule is CC(C)(N)CSCC(=O)N1CCCNCC1. The van der Waals surface area contributed by atoms with Crippen LogP contribution in [0, 0.1) is 0 Å². The Bertz CT molecular complexity index is 220. The van der Waals surface area contributed by atoms with Crippen LogP contribution in [0.3, 0.4) is 0 Å². The first-order chi connectivity index (χ1) is 7.49. The Labute approximate surface area is 102 Å². The lowest BCUT2D eigenvalue weighted by molar-refractivity contribution is -0.128. The van der Waals surface area contributed by atoms with Gasteiger partial charge in [0.1, 0.15) is 0 Å². The number of nitrogens with two attached hydrogens (primary N) is 1. The molecule has 0 aromatic carbocycles. The molecule has 94 valence electrons. The Hall–Kier alpha value is -0.260. The van der Waals surface area contributed by atoms with Crippen LogP contribution in [0.2, 0.25) is 0 Å². The zero-order valence-corrected chi connectivity index (χ0v) is 11.1. The first-order valence-corrected chi connectivity index (χ1v) is 7.00. The predicted octanol–water partition coefficient (Wildman–Crippen LogP) is 0.279. The van der Waals surface area contributed by atoms with Crippen molar-refractivity contribution in [3.63, 3.8) is 0 Å². The van der Waals surface area contributed by atoms with E-state index in [-0.39, 0.29) is 11.4 Å². The standard InChI is InChI=1S/C11H23N3OS/c1-11(2,12)9-16-8-10(15)14-6-3-4-13-5-7-14/h13H,3-9,12H2,1-2H3. The average Bonchev–Trinajstić information content (AvgIpc) is 2.43. The average molecular weight is 245 g/mol. The summed E-state index contributed by atoms with van der Waals surface area (Å²) in [5, 5.41) is 3.29. The first-order valence-electron chi connectivity index (χ1n) is 5.84. The van der Waals surface area contributed by atoms with E-state index in [1.165, 1.54) is 0 Å². The Kier molecular flexibility index (Phi) is 5.58. The molecular formula is C11H23N3OS. The topological polar surface area (TPSA) is 58.4 Å². The Morgan fingerprint density at radius 2 is 2.19 bits per heavy atom. The van der Waals surface area contributed by atoms with Crippen molar-refractivity contribution in [2.24, 2.45) is 5.73 Å². The largest absolute Gasteiger partial charge is 0.341 e. The molecule has 0 unspecified atom stereocenters. The molecule has 1 amide bonds. The normalized spacial score (nSPS) is 18.3. The van der Waals surface area contributed by atoms with Crippen LogP contribution in [0.1, 0.15) is 20.3 Å². The van der Waals surface area contributed by atoms with Crippen LogP contribution in [0.15, 0.2) is 0 Å². The van der Waals surface area contributed by atoms with Crippen LogP contribution in [0.5, 0.6) is 0 Å². The van der Waals surface area contributed by atoms with Gasteiger partial charge in [0.25, 0.3) is 0 Å². The van der Waals surface area contributed by atoms with Crippen molar-refractivity contribution in [1.29, 1.82) is 0 Å². The van der Waals surface area contributed by atoms with E-state index in [1.54, 1.807) is 11.8 Å². The van der Waals surface area contributed by atoms with Gasteiger partial charge in [-0.1, -0.05) is 0 Å². The van der Waals surface area contributed by atoms with Gasteiger partial charge in [-0.05, 0) is 26.8 Å². The molecule has 1 aliphatic rings. The van der Waals surface area contributed by atoms with Crippen LogP contribution < -0.4 is 11.1 Å². The lowest BCUT2D eigenvalue weighted by atomic mass is 10.1. The molecule has 1 rings (SSSR count). The van der Waals surface area contributed by atoms with Crippen molar-refractivity contribution in [2.45, 2.75) is 25.8 Å². The number of nitrogens with one attached hydrogen (secondary N) is 1. The fourth-order valence-electron chi connectivity index (χ4n) is 1.59. The highest BCUT2D eigenvalue weighted by atomic mass is 32.2. The van der Waals surface area contributed by atoms with Crippen LogP contribution >= 0.6 is 11.8 Å². The van der Waals surface area contributed by atoms with Crippen molar-refractivity contribution in [3.8, 4) is 0 Å². The molecule has 0 saturated carbocycles. The molecule has 4 nitrogen and oxygen atoms in total. The number of nitrogens with zero attached hydrogens (tertiary/aromatic N) is 1. The number of rotatable bonds is 4. The Morgan fingerprint density at radius 1 is 1.44 bits per heavy atom. The molecule has 1 aliphatic heterocycles. The summed E-state index contributed by atoms with van der Waals surface area (Å²) in [6, 6.07) is 0. The number of carbonyl (C=O) groups excluding carboxylic acids is 1. The van der Waals surface area contributed by atoms with E-state index in [4.69, 9.17) is 5.73 Å². The second-order valence-electron chi connectivity index (χ2n) is 4.97. The third kappa shape index (κ3) is 5.72. The van der Waals surface area contributed by atoms with Crippen molar-refractivity contribution < 1.29 is 4.79 Å². The maximum atomic E-state index is 11.9. The summed E-state index contributed by atoms with van der Waals surface area (Å²) in [6.45, 7) is 7.63. The lowest BCUT2D eigenvalue weighted by Crippen LogP contribution is -2.38. The van der Waals surface area contributed by atoms with Crippen LogP contribution in [0.4, 0.5) is 0 Å². The van der Waals surface area contributed by atoms with Crippen LogP contribution in [-0.4, -0.2) is 54.0 Å². The van der Waals surface area contributed by atoms with E-state index in [9.17, 15) is 4.79 Å². The predicted molar refractivity (Wildman–Crippen MR) is 69.7 cm³/mol. The molecular weight excluding hydrogens is 222 g/mol. The molecule has 0 aliphatic carbocycles. The lowest BCUT2D eigenvalue weighted by Gasteiger charge is -2.21. The molecule has 1 fully saturated rings. The quantitative estimate of drug-likeness (QED) is 0.747. The van der Waals surface area contributed by atoms with Crippen molar-refractivity contribution in [3.05, 3.63) is 0 Å². The monoisotopic (exact) mass is 245 g/mol. The fraction of sp³-hybridized carbons (Fsp3) is 0.909. The minimum absolute atomic E-state index is 0.189. The summed E-state index contributed by atoms with van der Waals surface area (Å²) in [5.74, 6) is 1.63. The number of hydrogen-bond acceptors (Lipinski definition) is 4. The highest BCUT2D eigenvalue weighted by molar-refractivity contribution is 8.00. The van der Waals surface area contributed by atoms with E-state index in [0.717, 1.165) is 38.4 Å². The fourth-order valence-corrected chi connectivity index (χ4v) is 2.57. The van der Waals surface area contributed by atoms with Crippen molar-refractivity contribution in [2.75, 3.05) is 37.7 Å². The molecule has 0 aromatic rings. The molecule has 0 atom stereocenters. The van der Waals surface area contributed by atoms with Crippen LogP contribution in [-0.2, 0) is 4.79 Å². The molecule has 1 heterocycles. The molecule has 0 spiro atoms. The van der Waals surface area contributed by atoms with Gasteiger partial charge in [0.2, 0.25) is 5.91 Å². The molecule has 1 saturated heterocycles. The minimum Gasteiger partial charge on any atom is -0.341 e. The van der Waals surface area contributed by atoms with Crippen LogP contribution in [0.25, 0.3) is 0 Å². The first kappa shape index (κ1) is 13.8. The van der Waals surface area contributed by atoms with Crippen molar-refractivity contribution >= 4 is 17.7 Å². The summed E-state index contributed by atoms with van der Waals surface area (Å²) in [6.07, 6.45) is 1.05. The van der Waals surface area contributed by atoms with E-state index in [2.05, 4.69) is 5.32 Å². The maximum Gasteiger partial charge on any atom is 0.232 e. The van der Waals surface area contributed by atoms with Gasteiger partial charge in [-0.25, -0.2) is 0 Å². The summed E-state index contributed by atoms with van der Waals surface area (Å²) >= 11 is 1.63. The van der Waals surface area contributed by atoms with Gasteiger partial charge in [0.15, 0.2) is 0 Å². The Morgan fingerprint density at radius 3 is 2.88 bits per heavy atom. The minimum atomic E-state index is -0.189. The zero-order chi connectivity index (χ0) is 12.0. The maximum absolute atomic E-state index is 11.9. The van der Waals surface area contributed by atoms with Gasteiger partial charge in [-0.3, -0.25) is 4.79 Å². The molecule has 0 bridgehead atoms. The van der Waals surface area contributed by atoms with Crippen molar-refractivity contribution in [1.82, 2.24) is 10.2 Å². The van der Waals surface area contributed by atoms with Gasteiger partial charge in [0, 0.05) is 30.9 Å². The molecule has 3 N–H and O–H groups in total. The summed E-state index contributed by atoms with van der Waals surface area (Å²) in [5.41, 5.74) is 5.68. The van der Waals surface area contributed by atoms with E-state index >= 15 is 0 Å². The summed E-state index contributed by atoms with van der Waals surface area (Å²) in [4.78, 5) is 13.8. The van der Waals surface area contributed by atoms with E-state index in [0.29, 0.717) is 5.75 Å². The summed E-state index contributed by atoms with van der Waals surface area (Å²) in [7, 11) is 0. The third-order valence-electron chi connectivity index (χ3n) is 2.39. The van der Waals surface area contributed by atoms with Gasteiger partial charge >= 0.3 is 0 Å². The zero-order valence-electron chi connectivity index (χ0n) is 10.3. The van der Waals surface area contributed by atoms with E-state index in [1.807, 2.05) is 18.7 Å². The third-order valence-corrected chi connectivity index (χ3v) is 3.79. The second-order valence-corrected chi connectivity index (χ2v) is 5.95. The summed E-state index contributed by atoms with van der Waals surface area (Å²) < 4.78 is 0. The highest BCUT2D eigenvalue weighted by Gasteiger charge is 2.17. The number of carbonyl (C=O) groups is 1. The smallest absolute Gasteiger partial charge is 0.232 e. The number of hydrogen-bond donors (Lipinski definition) is 2. The van der Waals surface area contributed by atoms with Gasteiger partial charge in [-0.2, -0.15) is 11.8 Å². The highest BCUT2D eigenvalue weighted by Crippen LogP contribution is 2.11. The Balaban J connectivity index is 2.23. The number of thioether (sulfide) groups is 1. The second kappa shape index (κ2) is 6.47. The molecule has 0 radical (unpaired) electrons. The molecule has 16 heavy (non-hydrogen) atoms. The van der Waals surface area contributed by atoms with Gasteiger partial charge in [0.05, 0.1) is 5.75 Å². The molecule has 5 heteroatoms. The van der Waals surface area contributed by atoms with Gasteiger partial charge < -0.3 is 16.0 Å². The molecule has 0 aromatic heterocycles.